The van der Waals surface area contributed by atoms with Crippen LogP contribution in [0, 0.1) is 0 Å². The van der Waals surface area contributed by atoms with Crippen molar-refractivity contribution < 1.29 is 9.53 Å². The smallest absolute Gasteiger partial charge is 0.287 e. The van der Waals surface area contributed by atoms with Gasteiger partial charge in [-0.15, -0.1) is 11.3 Å². The molecule has 28 heavy (non-hydrogen) atoms. The van der Waals surface area contributed by atoms with E-state index in [-0.39, 0.29) is 5.91 Å². The molecule has 0 fully saturated rings. The number of rotatable bonds is 7. The van der Waals surface area contributed by atoms with Crippen LogP contribution in [-0.4, -0.2) is 37.7 Å². The Morgan fingerprint density at radius 2 is 2.07 bits per heavy atom. The van der Waals surface area contributed by atoms with Gasteiger partial charge in [0.05, 0.1) is 6.61 Å². The molecule has 0 saturated carbocycles. The minimum Gasteiger partial charge on any atom is -0.383 e. The fourth-order valence-corrected chi connectivity index (χ4v) is 4.35. The number of amides is 1. The molecule has 2 heterocycles. The minimum absolute atomic E-state index is 0.0166. The molecule has 2 aromatic carbocycles. The molecule has 0 aliphatic carbocycles. The third-order valence-corrected chi connectivity index (χ3v) is 5.86. The highest BCUT2D eigenvalue weighted by Crippen LogP contribution is 2.37. The Kier molecular flexibility index (Phi) is 5.81. The molecule has 1 aliphatic rings. The highest BCUT2D eigenvalue weighted by atomic mass is 32.1. The third kappa shape index (κ3) is 3.85. The lowest BCUT2D eigenvalue weighted by Gasteiger charge is -2.16. The number of anilines is 1. The van der Waals surface area contributed by atoms with Crippen molar-refractivity contribution in [3.05, 3.63) is 70.2 Å². The number of nitrogens with one attached hydrogen (secondary N) is 1. The van der Waals surface area contributed by atoms with Crippen molar-refractivity contribution in [2.45, 2.75) is 13.0 Å². The molecule has 5 nitrogen and oxygen atoms in total. The molecule has 0 radical (unpaired) electrons. The fourth-order valence-electron chi connectivity index (χ4n) is 3.52. The van der Waals surface area contributed by atoms with E-state index in [1.807, 2.05) is 35.2 Å². The number of thiazole rings is 1. The molecule has 6 heteroatoms. The number of hydrogen-bond donors (Lipinski definition) is 1. The summed E-state index contributed by atoms with van der Waals surface area (Å²) in [5.74, 6) is -0.0166. The number of fused-ring (bicyclic) bond motifs is 1. The van der Waals surface area contributed by atoms with Gasteiger partial charge in [-0.25, -0.2) is 4.98 Å². The second kappa shape index (κ2) is 8.65. The van der Waals surface area contributed by atoms with Crippen molar-refractivity contribution in [3.8, 4) is 11.1 Å². The SMILES string of the molecule is COCCNCc1cnc(C(=O)N2CCc3c(-c4ccccc4)cccc32)s1. The van der Waals surface area contributed by atoms with Gasteiger partial charge in [0.2, 0.25) is 0 Å². The summed E-state index contributed by atoms with van der Waals surface area (Å²) < 4.78 is 5.03. The number of ether oxygens (including phenoxy) is 1. The van der Waals surface area contributed by atoms with Crippen molar-refractivity contribution in [2.24, 2.45) is 0 Å². The summed E-state index contributed by atoms with van der Waals surface area (Å²) in [5, 5.41) is 3.83. The zero-order valence-electron chi connectivity index (χ0n) is 15.9. The van der Waals surface area contributed by atoms with Crippen LogP contribution >= 0.6 is 11.3 Å². The molecule has 0 atom stereocenters. The van der Waals surface area contributed by atoms with Crippen LogP contribution in [-0.2, 0) is 17.7 Å². The molecule has 3 aromatic rings. The maximum absolute atomic E-state index is 13.1. The monoisotopic (exact) mass is 393 g/mol. The van der Waals surface area contributed by atoms with Gasteiger partial charge in [-0.3, -0.25) is 4.79 Å². The van der Waals surface area contributed by atoms with Crippen molar-refractivity contribution in [3.63, 3.8) is 0 Å². The summed E-state index contributed by atoms with van der Waals surface area (Å²) in [6.45, 7) is 2.83. The molecule has 1 aliphatic heterocycles. The Bertz CT molecular complexity index is 955. The van der Waals surface area contributed by atoms with Crippen LogP contribution in [0.2, 0.25) is 0 Å². The van der Waals surface area contributed by atoms with Crippen LogP contribution in [0.4, 0.5) is 5.69 Å². The lowest BCUT2D eigenvalue weighted by molar-refractivity contribution is 0.0989. The molecular weight excluding hydrogens is 370 g/mol. The highest BCUT2D eigenvalue weighted by molar-refractivity contribution is 7.13. The first-order valence-corrected chi connectivity index (χ1v) is 10.2. The number of carbonyl (C=O) groups is 1. The highest BCUT2D eigenvalue weighted by Gasteiger charge is 2.29. The van der Waals surface area contributed by atoms with Gasteiger partial charge >= 0.3 is 0 Å². The number of methoxy groups -OCH3 is 1. The second-order valence-electron chi connectivity index (χ2n) is 6.68. The van der Waals surface area contributed by atoms with Gasteiger partial charge in [0.15, 0.2) is 5.01 Å². The van der Waals surface area contributed by atoms with E-state index in [4.69, 9.17) is 4.74 Å². The maximum Gasteiger partial charge on any atom is 0.287 e. The summed E-state index contributed by atoms with van der Waals surface area (Å²) in [5.41, 5.74) is 4.63. The van der Waals surface area contributed by atoms with Gasteiger partial charge in [0.25, 0.3) is 5.91 Å². The lowest BCUT2D eigenvalue weighted by Crippen LogP contribution is -2.28. The maximum atomic E-state index is 13.1. The second-order valence-corrected chi connectivity index (χ2v) is 7.79. The fraction of sp³-hybridized carbons (Fsp3) is 0.273. The van der Waals surface area contributed by atoms with Gasteiger partial charge in [-0.1, -0.05) is 42.5 Å². The predicted molar refractivity (Wildman–Crippen MR) is 113 cm³/mol. The molecule has 0 bridgehead atoms. The largest absolute Gasteiger partial charge is 0.383 e. The van der Waals surface area contributed by atoms with Crippen molar-refractivity contribution in [2.75, 3.05) is 31.7 Å². The Balaban J connectivity index is 1.52. The molecule has 0 unspecified atom stereocenters. The molecule has 0 spiro atoms. The minimum atomic E-state index is -0.0166. The van der Waals surface area contributed by atoms with E-state index < -0.39 is 0 Å². The number of carbonyl (C=O) groups excluding carboxylic acids is 1. The number of nitrogens with zero attached hydrogens (tertiary/aromatic N) is 2. The van der Waals surface area contributed by atoms with Crippen LogP contribution in [0.3, 0.4) is 0 Å². The quantitative estimate of drug-likeness (QED) is 0.621. The van der Waals surface area contributed by atoms with Crippen molar-refractivity contribution in [1.82, 2.24) is 10.3 Å². The standard InChI is InChI=1S/C22H23N3O2S/c1-27-13-11-23-14-17-15-24-21(28-17)22(26)25-12-10-19-18(8-5-9-20(19)25)16-6-3-2-4-7-16/h2-9,15,23H,10-14H2,1H3. The summed E-state index contributed by atoms with van der Waals surface area (Å²) in [6.07, 6.45) is 2.65. The van der Waals surface area contributed by atoms with E-state index in [0.717, 1.165) is 23.5 Å². The predicted octanol–water partition coefficient (Wildman–Crippen LogP) is 3.75. The van der Waals surface area contributed by atoms with E-state index in [0.29, 0.717) is 24.7 Å². The number of aromatic nitrogens is 1. The van der Waals surface area contributed by atoms with E-state index >= 15 is 0 Å². The van der Waals surface area contributed by atoms with Gasteiger partial charge in [0.1, 0.15) is 0 Å². The summed E-state index contributed by atoms with van der Waals surface area (Å²) in [6, 6.07) is 16.5. The molecule has 1 N–H and O–H groups in total. The topological polar surface area (TPSA) is 54.5 Å². The van der Waals surface area contributed by atoms with Crippen LogP contribution in [0.25, 0.3) is 11.1 Å². The van der Waals surface area contributed by atoms with Gasteiger partial charge < -0.3 is 15.0 Å². The molecular formula is C22H23N3O2S. The van der Waals surface area contributed by atoms with Crippen LogP contribution in [0.15, 0.2) is 54.7 Å². The van der Waals surface area contributed by atoms with Gasteiger partial charge in [-0.2, -0.15) is 0 Å². The van der Waals surface area contributed by atoms with E-state index in [1.165, 1.54) is 28.0 Å². The Morgan fingerprint density at radius 1 is 1.21 bits per heavy atom. The molecule has 0 saturated heterocycles. The molecule has 1 aromatic heterocycles. The number of hydrogen-bond acceptors (Lipinski definition) is 5. The zero-order valence-corrected chi connectivity index (χ0v) is 16.7. The summed E-state index contributed by atoms with van der Waals surface area (Å²) in [7, 11) is 1.68. The van der Waals surface area contributed by atoms with Gasteiger partial charge in [-0.05, 0) is 29.2 Å². The van der Waals surface area contributed by atoms with Crippen molar-refractivity contribution in [1.29, 1.82) is 0 Å². The first-order chi connectivity index (χ1) is 13.8. The third-order valence-electron chi connectivity index (χ3n) is 4.88. The normalized spacial score (nSPS) is 13.0. The molecule has 4 rings (SSSR count). The number of benzene rings is 2. The molecule has 144 valence electrons. The zero-order chi connectivity index (χ0) is 19.3. The Hall–Kier alpha value is -2.54. The Labute approximate surface area is 169 Å². The summed E-state index contributed by atoms with van der Waals surface area (Å²) >= 11 is 1.46. The van der Waals surface area contributed by atoms with Crippen LogP contribution < -0.4 is 10.2 Å². The Morgan fingerprint density at radius 3 is 2.89 bits per heavy atom. The lowest BCUT2D eigenvalue weighted by atomic mass is 9.98. The molecule has 1 amide bonds. The van der Waals surface area contributed by atoms with Crippen LogP contribution in [0.5, 0.6) is 0 Å². The van der Waals surface area contributed by atoms with Gasteiger partial charge in [0, 0.05) is 43.5 Å². The average molecular weight is 394 g/mol. The summed E-state index contributed by atoms with van der Waals surface area (Å²) in [4.78, 5) is 20.4. The van der Waals surface area contributed by atoms with E-state index in [2.05, 4.69) is 28.5 Å². The first kappa shape index (κ1) is 18.8. The average Bonchev–Trinajstić information content (AvgIpc) is 3.38. The van der Waals surface area contributed by atoms with Crippen LogP contribution in [0.1, 0.15) is 20.2 Å². The van der Waals surface area contributed by atoms with E-state index in [9.17, 15) is 4.79 Å². The first-order valence-electron chi connectivity index (χ1n) is 9.41. The van der Waals surface area contributed by atoms with E-state index in [1.54, 1.807) is 13.3 Å². The van der Waals surface area contributed by atoms with Crippen molar-refractivity contribution >= 4 is 22.9 Å².